The normalized spacial score (nSPS) is 23.6. The van der Waals surface area contributed by atoms with E-state index in [4.69, 9.17) is 5.53 Å². The van der Waals surface area contributed by atoms with E-state index >= 15 is 0 Å². The second-order valence-corrected chi connectivity index (χ2v) is 7.50. The molecule has 1 aliphatic carbocycles. The number of azide groups is 1. The van der Waals surface area contributed by atoms with Crippen LogP contribution in [0.3, 0.4) is 0 Å². The predicted molar refractivity (Wildman–Crippen MR) is 101 cm³/mol. The van der Waals surface area contributed by atoms with Gasteiger partial charge < -0.3 is 10.0 Å². The van der Waals surface area contributed by atoms with Crippen LogP contribution in [0.15, 0.2) is 47.1 Å². The van der Waals surface area contributed by atoms with Crippen LogP contribution in [0.5, 0.6) is 0 Å². The molecule has 6 nitrogen and oxygen atoms in total. The molecule has 1 saturated carbocycles. The number of nitrogens with zero attached hydrogens (tertiary/aromatic N) is 4. The van der Waals surface area contributed by atoms with Gasteiger partial charge in [0.1, 0.15) is 0 Å². The summed E-state index contributed by atoms with van der Waals surface area (Å²) in [5.74, 6) is -4.18. The summed E-state index contributed by atoms with van der Waals surface area (Å²) < 4.78 is 27.7. The van der Waals surface area contributed by atoms with Crippen molar-refractivity contribution in [2.75, 3.05) is 19.6 Å². The Morgan fingerprint density at radius 2 is 2.04 bits per heavy atom. The summed E-state index contributed by atoms with van der Waals surface area (Å²) in [4.78, 5) is 17.6. The monoisotopic (exact) mass is 390 g/mol. The van der Waals surface area contributed by atoms with Crippen molar-refractivity contribution >= 4 is 5.91 Å². The molecule has 1 N–H and O–H groups in total. The van der Waals surface area contributed by atoms with E-state index in [0.717, 1.165) is 5.57 Å². The minimum Gasteiger partial charge on any atom is -0.375 e. The second kappa shape index (κ2) is 8.29. The van der Waals surface area contributed by atoms with E-state index in [1.165, 1.54) is 0 Å². The number of piperidine rings is 1. The summed E-state index contributed by atoms with van der Waals surface area (Å²) in [5.41, 5.74) is 7.85. The number of carbonyl (C=O) groups excluding carboxylic acids is 1. The molecule has 2 unspecified atom stereocenters. The van der Waals surface area contributed by atoms with Gasteiger partial charge in [-0.25, -0.2) is 8.78 Å². The van der Waals surface area contributed by atoms with Gasteiger partial charge in [0, 0.05) is 43.3 Å². The first-order chi connectivity index (χ1) is 13.4. The van der Waals surface area contributed by atoms with E-state index in [1.807, 2.05) is 6.08 Å². The first-order valence-corrected chi connectivity index (χ1v) is 9.50. The summed E-state index contributed by atoms with van der Waals surface area (Å²) in [6.07, 6.45) is 2.37. The van der Waals surface area contributed by atoms with Gasteiger partial charge in [-0.15, -0.1) is 0 Å². The van der Waals surface area contributed by atoms with Crippen LogP contribution >= 0.6 is 0 Å². The van der Waals surface area contributed by atoms with Gasteiger partial charge in [0.2, 0.25) is 5.92 Å². The highest BCUT2D eigenvalue weighted by Gasteiger charge is 2.54. The third-order valence-electron chi connectivity index (χ3n) is 5.75. The molecular formula is C20H24F2N4O2. The number of carbonyl (C=O) groups is 1. The van der Waals surface area contributed by atoms with E-state index in [0.29, 0.717) is 31.5 Å². The average molecular weight is 390 g/mol. The molecule has 1 aliphatic heterocycles. The Labute approximate surface area is 162 Å². The molecule has 1 amide bonds. The maximum atomic E-state index is 13.9. The van der Waals surface area contributed by atoms with Crippen LogP contribution in [0.2, 0.25) is 0 Å². The lowest BCUT2D eigenvalue weighted by Crippen LogP contribution is -2.52. The SMILES string of the molecule is [N-]=[N+]=NCC=C1CCN(C(=O)C(O)(c2ccccc2)C2CCC(F)(F)C2)CC1. The number of rotatable bonds is 5. The predicted octanol–water partition coefficient (Wildman–Crippen LogP) is 4.17. The Morgan fingerprint density at radius 1 is 1.36 bits per heavy atom. The Bertz CT molecular complexity index is 783. The fourth-order valence-corrected chi connectivity index (χ4v) is 4.18. The molecule has 1 heterocycles. The molecule has 1 aromatic carbocycles. The van der Waals surface area contributed by atoms with Crippen molar-refractivity contribution in [2.24, 2.45) is 11.0 Å². The molecule has 150 valence electrons. The lowest BCUT2D eigenvalue weighted by molar-refractivity contribution is -0.161. The lowest BCUT2D eigenvalue weighted by atomic mass is 9.78. The van der Waals surface area contributed by atoms with E-state index in [2.05, 4.69) is 10.0 Å². The van der Waals surface area contributed by atoms with Crippen molar-refractivity contribution in [3.05, 3.63) is 58.0 Å². The maximum absolute atomic E-state index is 13.9. The number of amides is 1. The molecule has 0 aromatic heterocycles. The smallest absolute Gasteiger partial charge is 0.259 e. The number of hydrogen-bond donors (Lipinski definition) is 1. The van der Waals surface area contributed by atoms with Gasteiger partial charge in [-0.1, -0.05) is 47.1 Å². The van der Waals surface area contributed by atoms with Crippen LogP contribution < -0.4 is 0 Å². The number of alkyl halides is 2. The number of aliphatic hydroxyl groups is 1. The zero-order valence-electron chi connectivity index (χ0n) is 15.6. The fraction of sp³-hybridized carbons (Fsp3) is 0.550. The Morgan fingerprint density at radius 3 is 2.61 bits per heavy atom. The van der Waals surface area contributed by atoms with Crippen molar-refractivity contribution in [1.29, 1.82) is 0 Å². The van der Waals surface area contributed by atoms with Crippen molar-refractivity contribution in [1.82, 2.24) is 4.90 Å². The third-order valence-corrected chi connectivity index (χ3v) is 5.75. The molecule has 1 saturated heterocycles. The molecule has 0 radical (unpaired) electrons. The minimum absolute atomic E-state index is 0.106. The standard InChI is InChI=1S/C20H24F2N4O2/c21-19(22)10-6-17(14-19)20(28,16-4-2-1-3-5-16)18(27)26-12-8-15(9-13-26)7-11-24-25-23/h1-5,7,17,28H,6,8-14H2. The van der Waals surface area contributed by atoms with Crippen LogP contribution in [0, 0.1) is 5.92 Å². The number of hydrogen-bond acceptors (Lipinski definition) is 3. The molecule has 2 aliphatic rings. The molecule has 2 fully saturated rings. The molecule has 1 aromatic rings. The third kappa shape index (κ3) is 4.18. The van der Waals surface area contributed by atoms with Gasteiger partial charge in [-0.3, -0.25) is 4.79 Å². The van der Waals surface area contributed by atoms with Gasteiger partial charge >= 0.3 is 0 Å². The first kappa shape index (κ1) is 20.3. The molecule has 2 atom stereocenters. The molecular weight excluding hydrogens is 366 g/mol. The average Bonchev–Trinajstić information content (AvgIpc) is 3.08. The fourth-order valence-electron chi connectivity index (χ4n) is 4.18. The van der Waals surface area contributed by atoms with E-state index < -0.39 is 29.8 Å². The van der Waals surface area contributed by atoms with Gasteiger partial charge in [-0.05, 0) is 30.4 Å². The highest BCUT2D eigenvalue weighted by molar-refractivity contribution is 5.87. The van der Waals surface area contributed by atoms with Crippen LogP contribution in [0.1, 0.15) is 37.7 Å². The maximum Gasteiger partial charge on any atom is 0.259 e. The molecule has 28 heavy (non-hydrogen) atoms. The molecule has 3 rings (SSSR count). The van der Waals surface area contributed by atoms with E-state index in [-0.39, 0.29) is 19.4 Å². The van der Waals surface area contributed by atoms with Crippen molar-refractivity contribution in [3.63, 3.8) is 0 Å². The highest BCUT2D eigenvalue weighted by Crippen LogP contribution is 2.48. The largest absolute Gasteiger partial charge is 0.375 e. The highest BCUT2D eigenvalue weighted by atomic mass is 19.3. The van der Waals surface area contributed by atoms with E-state index in [9.17, 15) is 18.7 Å². The summed E-state index contributed by atoms with van der Waals surface area (Å²) in [6, 6.07) is 8.42. The van der Waals surface area contributed by atoms with E-state index in [1.54, 1.807) is 35.2 Å². The van der Waals surface area contributed by atoms with Gasteiger partial charge in [0.15, 0.2) is 5.60 Å². The number of benzene rings is 1. The Hall–Kier alpha value is -2.44. The first-order valence-electron chi connectivity index (χ1n) is 9.50. The van der Waals surface area contributed by atoms with Gasteiger partial charge in [-0.2, -0.15) is 0 Å². The van der Waals surface area contributed by atoms with Crippen molar-refractivity contribution in [3.8, 4) is 0 Å². The number of likely N-dealkylation sites (tertiary alicyclic amines) is 1. The summed E-state index contributed by atoms with van der Waals surface area (Å²) >= 11 is 0. The van der Waals surface area contributed by atoms with Crippen molar-refractivity contribution in [2.45, 2.75) is 43.6 Å². The zero-order chi connectivity index (χ0) is 20.2. The van der Waals surface area contributed by atoms with Crippen LogP contribution in [-0.4, -0.2) is 41.5 Å². The minimum atomic E-state index is -2.85. The summed E-state index contributed by atoms with van der Waals surface area (Å²) in [6.45, 7) is 1.07. The Balaban J connectivity index is 1.81. The van der Waals surface area contributed by atoms with Crippen LogP contribution in [0.4, 0.5) is 8.78 Å². The van der Waals surface area contributed by atoms with Gasteiger partial charge in [0.05, 0.1) is 0 Å². The quantitative estimate of drug-likeness (QED) is 0.354. The second-order valence-electron chi connectivity index (χ2n) is 7.50. The topological polar surface area (TPSA) is 89.3 Å². The summed E-state index contributed by atoms with van der Waals surface area (Å²) in [5, 5.41) is 15.0. The molecule has 8 heteroatoms. The van der Waals surface area contributed by atoms with Crippen LogP contribution in [-0.2, 0) is 10.4 Å². The van der Waals surface area contributed by atoms with Gasteiger partial charge in [0.25, 0.3) is 5.91 Å². The van der Waals surface area contributed by atoms with Crippen LogP contribution in [0.25, 0.3) is 10.4 Å². The lowest BCUT2D eigenvalue weighted by Gasteiger charge is -2.39. The number of halogens is 2. The molecule has 0 bridgehead atoms. The Kier molecular flexibility index (Phi) is 6.01. The zero-order valence-corrected chi connectivity index (χ0v) is 15.6. The van der Waals surface area contributed by atoms with Crippen molar-refractivity contribution < 1.29 is 18.7 Å². The summed E-state index contributed by atoms with van der Waals surface area (Å²) in [7, 11) is 0. The molecule has 0 spiro atoms.